The summed E-state index contributed by atoms with van der Waals surface area (Å²) >= 11 is 0. The Kier molecular flexibility index (Phi) is 4.53. The minimum atomic E-state index is -4.58. The van der Waals surface area contributed by atoms with Gasteiger partial charge in [0.15, 0.2) is 6.29 Å². The first kappa shape index (κ1) is 15.8. The largest absolute Gasteiger partial charge is 0.417 e. The molecule has 116 valence electrons. The van der Waals surface area contributed by atoms with Crippen molar-refractivity contribution in [1.82, 2.24) is 0 Å². The number of aldehydes is 1. The van der Waals surface area contributed by atoms with Crippen LogP contribution in [0.15, 0.2) is 18.2 Å². The van der Waals surface area contributed by atoms with E-state index in [0.717, 1.165) is 6.07 Å². The van der Waals surface area contributed by atoms with Crippen molar-refractivity contribution >= 4 is 12.0 Å². The van der Waals surface area contributed by atoms with Gasteiger partial charge in [-0.05, 0) is 25.1 Å². The predicted octanol–water partition coefficient (Wildman–Crippen LogP) is 2.10. The van der Waals surface area contributed by atoms with Gasteiger partial charge in [0.2, 0.25) is 0 Å². The maximum atomic E-state index is 13.0. The van der Waals surface area contributed by atoms with E-state index in [0.29, 0.717) is 18.8 Å². The fourth-order valence-corrected chi connectivity index (χ4v) is 2.45. The fraction of sp³-hybridized carbons (Fsp3) is 0.500. The number of rotatable bonds is 3. The average molecular weight is 303 g/mol. The first-order valence-corrected chi connectivity index (χ1v) is 6.53. The third kappa shape index (κ3) is 3.54. The summed E-state index contributed by atoms with van der Waals surface area (Å²) in [6.45, 7) is 2.32. The van der Waals surface area contributed by atoms with E-state index in [-0.39, 0.29) is 24.6 Å². The Morgan fingerprint density at radius 2 is 2.14 bits per heavy atom. The summed E-state index contributed by atoms with van der Waals surface area (Å²) in [6.07, 6.45) is -5.02. The summed E-state index contributed by atoms with van der Waals surface area (Å²) < 4.78 is 44.3. The normalized spacial score (nSPS) is 23.2. The number of aliphatic hydroxyl groups is 1. The Bertz CT molecular complexity index is 519. The molecular formula is C14H16F3NO3. The summed E-state index contributed by atoms with van der Waals surface area (Å²) in [6, 6.07) is 3.61. The molecule has 1 N–H and O–H groups in total. The van der Waals surface area contributed by atoms with Gasteiger partial charge in [0, 0.05) is 24.3 Å². The van der Waals surface area contributed by atoms with Gasteiger partial charge < -0.3 is 14.7 Å². The standard InChI is InChI=1S/C14H16F3NO3/c1-9-5-18(6-12(8-20)21-9)11-3-2-10(7-19)13(4-11)14(15,16)17/h2-4,7,9,12,20H,5-6,8H2,1H3. The fourth-order valence-electron chi connectivity index (χ4n) is 2.45. The molecule has 2 rings (SSSR count). The van der Waals surface area contributed by atoms with Crippen molar-refractivity contribution in [3.8, 4) is 0 Å². The number of anilines is 1. The van der Waals surface area contributed by atoms with E-state index >= 15 is 0 Å². The van der Waals surface area contributed by atoms with E-state index in [9.17, 15) is 18.0 Å². The number of nitrogens with zero attached hydrogens (tertiary/aromatic N) is 1. The van der Waals surface area contributed by atoms with Gasteiger partial charge in [-0.1, -0.05) is 0 Å². The third-order valence-corrected chi connectivity index (χ3v) is 3.36. The third-order valence-electron chi connectivity index (χ3n) is 3.36. The van der Waals surface area contributed by atoms with E-state index in [4.69, 9.17) is 9.84 Å². The second-order valence-corrected chi connectivity index (χ2v) is 5.04. The van der Waals surface area contributed by atoms with Crippen molar-refractivity contribution < 1.29 is 27.8 Å². The second-order valence-electron chi connectivity index (χ2n) is 5.04. The molecule has 4 nitrogen and oxygen atoms in total. The molecule has 0 bridgehead atoms. The van der Waals surface area contributed by atoms with Gasteiger partial charge in [-0.25, -0.2) is 0 Å². The molecule has 0 saturated carbocycles. The van der Waals surface area contributed by atoms with Crippen LogP contribution in [0.3, 0.4) is 0 Å². The first-order chi connectivity index (χ1) is 9.85. The molecule has 0 radical (unpaired) electrons. The molecule has 2 atom stereocenters. The number of benzene rings is 1. The molecule has 7 heteroatoms. The van der Waals surface area contributed by atoms with Gasteiger partial charge in [0.1, 0.15) is 0 Å². The number of carbonyl (C=O) groups excluding carboxylic acids is 1. The van der Waals surface area contributed by atoms with E-state index in [2.05, 4.69) is 0 Å². The molecule has 1 aromatic carbocycles. The molecule has 0 aliphatic carbocycles. The molecule has 1 heterocycles. The second kappa shape index (κ2) is 6.03. The van der Waals surface area contributed by atoms with Crippen LogP contribution in [0.2, 0.25) is 0 Å². The molecule has 1 aliphatic rings. The van der Waals surface area contributed by atoms with Crippen LogP contribution in [-0.4, -0.2) is 43.3 Å². The van der Waals surface area contributed by atoms with Crippen molar-refractivity contribution in [2.75, 3.05) is 24.6 Å². The molecule has 1 fully saturated rings. The van der Waals surface area contributed by atoms with Gasteiger partial charge in [0.05, 0.1) is 24.4 Å². The van der Waals surface area contributed by atoms with Crippen molar-refractivity contribution in [3.05, 3.63) is 29.3 Å². The van der Waals surface area contributed by atoms with E-state index in [1.165, 1.54) is 12.1 Å². The maximum Gasteiger partial charge on any atom is 0.417 e. The quantitative estimate of drug-likeness (QED) is 0.869. The molecule has 0 amide bonds. The number of carbonyl (C=O) groups is 1. The Morgan fingerprint density at radius 1 is 1.43 bits per heavy atom. The Morgan fingerprint density at radius 3 is 2.71 bits per heavy atom. The van der Waals surface area contributed by atoms with E-state index in [1.807, 2.05) is 0 Å². The monoisotopic (exact) mass is 303 g/mol. The number of morpholine rings is 1. The lowest BCUT2D eigenvalue weighted by molar-refractivity contribution is -0.137. The number of hydrogen-bond donors (Lipinski definition) is 1. The SMILES string of the molecule is CC1CN(c2ccc(C=O)c(C(F)(F)F)c2)CC(CO)O1. The Labute approximate surface area is 120 Å². The number of alkyl halides is 3. The number of aliphatic hydroxyl groups excluding tert-OH is 1. The number of halogens is 3. The van der Waals surface area contributed by atoms with Crippen LogP contribution in [-0.2, 0) is 10.9 Å². The van der Waals surface area contributed by atoms with Gasteiger partial charge >= 0.3 is 6.18 Å². The summed E-state index contributed by atoms with van der Waals surface area (Å²) in [4.78, 5) is 12.5. The van der Waals surface area contributed by atoms with Crippen molar-refractivity contribution in [2.45, 2.75) is 25.3 Å². The van der Waals surface area contributed by atoms with E-state index in [1.54, 1.807) is 11.8 Å². The predicted molar refractivity (Wildman–Crippen MR) is 70.5 cm³/mol. The van der Waals surface area contributed by atoms with Crippen molar-refractivity contribution in [2.24, 2.45) is 0 Å². The van der Waals surface area contributed by atoms with Gasteiger partial charge in [-0.3, -0.25) is 4.79 Å². The van der Waals surface area contributed by atoms with Crippen LogP contribution in [0.25, 0.3) is 0 Å². The summed E-state index contributed by atoms with van der Waals surface area (Å²) in [5, 5.41) is 9.16. The molecule has 1 aromatic rings. The zero-order chi connectivity index (χ0) is 15.6. The molecule has 0 aromatic heterocycles. The highest BCUT2D eigenvalue weighted by Gasteiger charge is 2.34. The summed E-state index contributed by atoms with van der Waals surface area (Å²) in [5.74, 6) is 0. The lowest BCUT2D eigenvalue weighted by atomic mass is 10.1. The van der Waals surface area contributed by atoms with Crippen molar-refractivity contribution in [3.63, 3.8) is 0 Å². The molecule has 2 unspecified atom stereocenters. The topological polar surface area (TPSA) is 49.8 Å². The minimum Gasteiger partial charge on any atom is -0.394 e. The van der Waals surface area contributed by atoms with Crippen LogP contribution in [0.5, 0.6) is 0 Å². The van der Waals surface area contributed by atoms with E-state index < -0.39 is 17.8 Å². The highest BCUT2D eigenvalue weighted by molar-refractivity contribution is 5.79. The molecule has 21 heavy (non-hydrogen) atoms. The zero-order valence-electron chi connectivity index (χ0n) is 11.4. The maximum absolute atomic E-state index is 13.0. The molecule has 1 aliphatic heterocycles. The average Bonchev–Trinajstić information content (AvgIpc) is 2.45. The Hall–Kier alpha value is -1.60. The van der Waals surface area contributed by atoms with Gasteiger partial charge in [-0.2, -0.15) is 13.2 Å². The molecule has 0 spiro atoms. The summed E-state index contributed by atoms with van der Waals surface area (Å²) in [5.41, 5.74) is -0.970. The first-order valence-electron chi connectivity index (χ1n) is 6.53. The van der Waals surface area contributed by atoms with Crippen LogP contribution in [0, 0.1) is 0 Å². The van der Waals surface area contributed by atoms with Gasteiger partial charge in [-0.15, -0.1) is 0 Å². The van der Waals surface area contributed by atoms with Crippen LogP contribution >= 0.6 is 0 Å². The number of ether oxygens (including phenoxy) is 1. The minimum absolute atomic E-state index is 0.195. The molecular weight excluding hydrogens is 287 g/mol. The van der Waals surface area contributed by atoms with Crippen LogP contribution in [0.4, 0.5) is 18.9 Å². The van der Waals surface area contributed by atoms with Crippen LogP contribution in [0.1, 0.15) is 22.8 Å². The van der Waals surface area contributed by atoms with Crippen LogP contribution < -0.4 is 4.90 Å². The summed E-state index contributed by atoms with van der Waals surface area (Å²) in [7, 11) is 0. The zero-order valence-corrected chi connectivity index (χ0v) is 11.4. The number of hydrogen-bond acceptors (Lipinski definition) is 4. The van der Waals surface area contributed by atoms with Gasteiger partial charge in [0.25, 0.3) is 0 Å². The lowest BCUT2D eigenvalue weighted by Gasteiger charge is -2.37. The highest BCUT2D eigenvalue weighted by atomic mass is 19.4. The molecule has 1 saturated heterocycles. The van der Waals surface area contributed by atoms with Crippen molar-refractivity contribution in [1.29, 1.82) is 0 Å². The Balaban J connectivity index is 2.34. The lowest BCUT2D eigenvalue weighted by Crippen LogP contribution is -2.48. The highest BCUT2D eigenvalue weighted by Crippen LogP contribution is 2.34. The smallest absolute Gasteiger partial charge is 0.394 e.